The van der Waals surface area contributed by atoms with Gasteiger partial charge in [0.05, 0.1) is 5.56 Å². The first-order chi connectivity index (χ1) is 12.0. The fourth-order valence-electron chi connectivity index (χ4n) is 2.33. The number of thioether (sulfide) groups is 1. The number of thiophene rings is 1. The zero-order valence-electron chi connectivity index (χ0n) is 14.4. The average molecular weight is 375 g/mol. The van der Waals surface area contributed by atoms with Crippen LogP contribution < -0.4 is 10.6 Å². The van der Waals surface area contributed by atoms with Crippen LogP contribution in [0.5, 0.6) is 0 Å². The number of carbonyl (C=O) groups is 2. The van der Waals surface area contributed by atoms with Gasteiger partial charge < -0.3 is 10.6 Å². The molecule has 1 aromatic heterocycles. The van der Waals surface area contributed by atoms with Crippen LogP contribution in [0.25, 0.3) is 0 Å². The van der Waals surface area contributed by atoms with Gasteiger partial charge in [0.1, 0.15) is 5.00 Å². The number of carbonyl (C=O) groups excluding carboxylic acids is 2. The summed E-state index contributed by atoms with van der Waals surface area (Å²) in [7, 11) is 0. The van der Waals surface area contributed by atoms with Gasteiger partial charge in [-0.3, -0.25) is 9.59 Å². The van der Waals surface area contributed by atoms with Gasteiger partial charge in [-0.1, -0.05) is 6.07 Å². The molecule has 1 fully saturated rings. The van der Waals surface area contributed by atoms with Crippen LogP contribution >= 0.6 is 23.1 Å². The molecule has 4 nitrogen and oxygen atoms in total. The number of aryl methyl sites for hydroxylation is 2. The van der Waals surface area contributed by atoms with Crippen LogP contribution in [0.1, 0.15) is 40.7 Å². The van der Waals surface area contributed by atoms with Gasteiger partial charge in [-0.25, -0.2) is 0 Å². The van der Waals surface area contributed by atoms with E-state index in [2.05, 4.69) is 42.7 Å². The van der Waals surface area contributed by atoms with Crippen LogP contribution in [-0.4, -0.2) is 23.6 Å². The zero-order chi connectivity index (χ0) is 17.8. The highest BCUT2D eigenvalue weighted by atomic mass is 32.2. The van der Waals surface area contributed by atoms with Crippen molar-refractivity contribution in [3.8, 4) is 0 Å². The first kappa shape index (κ1) is 18.0. The van der Waals surface area contributed by atoms with Gasteiger partial charge in [0.25, 0.3) is 5.91 Å². The molecule has 0 atom stereocenters. The van der Waals surface area contributed by atoms with Crippen molar-refractivity contribution < 1.29 is 9.59 Å². The first-order valence-corrected chi connectivity index (χ1v) is 10.3. The van der Waals surface area contributed by atoms with E-state index < -0.39 is 0 Å². The molecule has 3 rings (SSSR count). The molecule has 1 aliphatic rings. The summed E-state index contributed by atoms with van der Waals surface area (Å²) in [5.74, 6) is 0.561. The Kier molecular flexibility index (Phi) is 5.81. The van der Waals surface area contributed by atoms with E-state index in [1.165, 1.54) is 27.4 Å². The molecule has 0 unspecified atom stereocenters. The summed E-state index contributed by atoms with van der Waals surface area (Å²) in [6, 6.07) is 8.42. The Bertz CT molecular complexity index is 781. The SMILES string of the molecule is Cc1ccc(SCCC(=O)Nc2sccc2C(=O)NC2CC2)cc1C. The number of anilines is 1. The predicted molar refractivity (Wildman–Crippen MR) is 105 cm³/mol. The minimum absolute atomic E-state index is 0.0562. The van der Waals surface area contributed by atoms with Gasteiger partial charge in [0, 0.05) is 23.1 Å². The van der Waals surface area contributed by atoms with Gasteiger partial charge >= 0.3 is 0 Å². The Morgan fingerprint density at radius 2 is 2.00 bits per heavy atom. The second-order valence-electron chi connectivity index (χ2n) is 6.30. The van der Waals surface area contributed by atoms with Crippen LogP contribution in [0.3, 0.4) is 0 Å². The van der Waals surface area contributed by atoms with E-state index in [9.17, 15) is 9.59 Å². The number of nitrogens with one attached hydrogen (secondary N) is 2. The fraction of sp³-hybridized carbons (Fsp3) is 0.368. The van der Waals surface area contributed by atoms with Crippen LogP contribution in [-0.2, 0) is 4.79 Å². The summed E-state index contributed by atoms with van der Waals surface area (Å²) in [6.07, 6.45) is 2.51. The minimum Gasteiger partial charge on any atom is -0.349 e. The lowest BCUT2D eigenvalue weighted by atomic mass is 10.1. The third kappa shape index (κ3) is 5.09. The van der Waals surface area contributed by atoms with E-state index in [0.29, 0.717) is 28.8 Å². The molecular weight excluding hydrogens is 352 g/mol. The van der Waals surface area contributed by atoms with Crippen LogP contribution in [0.2, 0.25) is 0 Å². The molecule has 0 saturated heterocycles. The summed E-state index contributed by atoms with van der Waals surface area (Å²) in [5.41, 5.74) is 3.10. The molecule has 2 aromatic rings. The number of hydrogen-bond acceptors (Lipinski definition) is 4. The van der Waals surface area contributed by atoms with Gasteiger partial charge in [-0.05, 0) is 61.4 Å². The molecule has 0 aliphatic heterocycles. The number of amides is 2. The van der Waals surface area contributed by atoms with E-state index >= 15 is 0 Å². The highest BCUT2D eigenvalue weighted by Crippen LogP contribution is 2.26. The van der Waals surface area contributed by atoms with Gasteiger partial charge in [0.2, 0.25) is 5.91 Å². The summed E-state index contributed by atoms with van der Waals surface area (Å²) >= 11 is 3.06. The third-order valence-corrected chi connectivity index (χ3v) is 5.98. The molecule has 2 N–H and O–H groups in total. The van der Waals surface area contributed by atoms with Gasteiger partial charge in [0.15, 0.2) is 0 Å². The summed E-state index contributed by atoms with van der Waals surface area (Å²) in [5, 5.41) is 8.31. The normalized spacial score (nSPS) is 13.5. The highest BCUT2D eigenvalue weighted by molar-refractivity contribution is 7.99. The Morgan fingerprint density at radius 3 is 2.72 bits per heavy atom. The van der Waals surface area contributed by atoms with E-state index in [0.717, 1.165) is 12.8 Å². The molecule has 25 heavy (non-hydrogen) atoms. The van der Waals surface area contributed by atoms with Crippen molar-refractivity contribution >= 4 is 39.9 Å². The molecule has 0 bridgehead atoms. The summed E-state index contributed by atoms with van der Waals surface area (Å²) < 4.78 is 0. The van der Waals surface area contributed by atoms with Crippen molar-refractivity contribution in [1.82, 2.24) is 5.32 Å². The van der Waals surface area contributed by atoms with Crippen LogP contribution in [0.4, 0.5) is 5.00 Å². The largest absolute Gasteiger partial charge is 0.349 e. The quantitative estimate of drug-likeness (QED) is 0.707. The van der Waals surface area contributed by atoms with Gasteiger partial charge in [-0.15, -0.1) is 23.1 Å². The van der Waals surface area contributed by atoms with Crippen molar-refractivity contribution in [3.63, 3.8) is 0 Å². The molecule has 1 aromatic carbocycles. The molecule has 1 saturated carbocycles. The maximum absolute atomic E-state index is 12.2. The van der Waals surface area contributed by atoms with Crippen molar-refractivity contribution in [3.05, 3.63) is 46.3 Å². The smallest absolute Gasteiger partial charge is 0.254 e. The van der Waals surface area contributed by atoms with Crippen molar-refractivity contribution in [2.45, 2.75) is 44.0 Å². The highest BCUT2D eigenvalue weighted by Gasteiger charge is 2.25. The molecule has 1 aliphatic carbocycles. The molecule has 2 amide bonds. The lowest BCUT2D eigenvalue weighted by Crippen LogP contribution is -2.26. The maximum atomic E-state index is 12.2. The number of hydrogen-bond donors (Lipinski definition) is 2. The topological polar surface area (TPSA) is 58.2 Å². The monoisotopic (exact) mass is 374 g/mol. The van der Waals surface area contributed by atoms with E-state index in [1.807, 2.05) is 5.38 Å². The zero-order valence-corrected chi connectivity index (χ0v) is 16.1. The number of rotatable bonds is 7. The van der Waals surface area contributed by atoms with Crippen molar-refractivity contribution in [2.75, 3.05) is 11.1 Å². The lowest BCUT2D eigenvalue weighted by Gasteiger charge is -2.08. The molecule has 6 heteroatoms. The molecule has 0 radical (unpaired) electrons. The number of benzene rings is 1. The van der Waals surface area contributed by atoms with E-state index in [1.54, 1.807) is 17.8 Å². The molecule has 1 heterocycles. The van der Waals surface area contributed by atoms with E-state index in [-0.39, 0.29) is 11.8 Å². The lowest BCUT2D eigenvalue weighted by molar-refractivity contribution is -0.115. The standard InChI is InChI=1S/C19H22N2O2S2/c1-12-3-6-15(11-13(12)2)24-10-8-17(22)21-19-16(7-9-25-19)18(23)20-14-4-5-14/h3,6-7,9,11,14H,4-5,8,10H2,1-2H3,(H,20,23)(H,21,22). The summed E-state index contributed by atoms with van der Waals surface area (Å²) in [6.45, 7) is 4.19. The van der Waals surface area contributed by atoms with Gasteiger partial charge in [-0.2, -0.15) is 0 Å². The van der Waals surface area contributed by atoms with Crippen molar-refractivity contribution in [1.29, 1.82) is 0 Å². The van der Waals surface area contributed by atoms with Crippen molar-refractivity contribution in [2.24, 2.45) is 0 Å². The van der Waals surface area contributed by atoms with E-state index in [4.69, 9.17) is 0 Å². The Labute approximate surface area is 156 Å². The Balaban J connectivity index is 1.48. The third-order valence-electron chi connectivity index (χ3n) is 4.15. The molecule has 0 spiro atoms. The first-order valence-electron chi connectivity index (χ1n) is 8.41. The Morgan fingerprint density at radius 1 is 1.20 bits per heavy atom. The summed E-state index contributed by atoms with van der Waals surface area (Å²) in [4.78, 5) is 25.5. The average Bonchev–Trinajstić information content (AvgIpc) is 3.26. The molecular formula is C19H22N2O2S2. The second kappa shape index (κ2) is 8.06. The second-order valence-corrected chi connectivity index (χ2v) is 8.39. The van der Waals surface area contributed by atoms with Crippen LogP contribution in [0, 0.1) is 13.8 Å². The predicted octanol–water partition coefficient (Wildman–Crippen LogP) is 4.38. The van der Waals surface area contributed by atoms with Crippen LogP contribution in [0.15, 0.2) is 34.5 Å². The fourth-order valence-corrected chi connectivity index (χ4v) is 4.08. The minimum atomic E-state index is -0.0939. The Hall–Kier alpha value is -1.79. The maximum Gasteiger partial charge on any atom is 0.254 e. The molecule has 132 valence electrons.